The third-order valence-corrected chi connectivity index (χ3v) is 3.38. The SMILES string of the molecule is C[C@H](NCCCn1cccn1)c1ccc(OC(C)(C)C)cc1. The highest BCUT2D eigenvalue weighted by Crippen LogP contribution is 2.21. The van der Waals surface area contributed by atoms with Crippen molar-refractivity contribution in [2.75, 3.05) is 6.54 Å². The second kappa shape index (κ2) is 7.45. The highest BCUT2D eigenvalue weighted by atomic mass is 16.5. The van der Waals surface area contributed by atoms with Crippen molar-refractivity contribution in [3.05, 3.63) is 48.3 Å². The number of ether oxygens (including phenoxy) is 1. The Balaban J connectivity index is 1.76. The van der Waals surface area contributed by atoms with E-state index in [2.05, 4.69) is 50.2 Å². The third-order valence-electron chi connectivity index (χ3n) is 3.38. The molecule has 2 aromatic rings. The van der Waals surface area contributed by atoms with Crippen LogP contribution >= 0.6 is 0 Å². The van der Waals surface area contributed by atoms with Crippen LogP contribution in [0.15, 0.2) is 42.7 Å². The molecule has 4 heteroatoms. The van der Waals surface area contributed by atoms with Crippen LogP contribution in [0.5, 0.6) is 5.75 Å². The Morgan fingerprint density at radius 2 is 1.95 bits per heavy atom. The van der Waals surface area contributed by atoms with E-state index in [0.29, 0.717) is 6.04 Å². The molecule has 0 aliphatic carbocycles. The molecule has 1 atom stereocenters. The number of nitrogens with one attached hydrogen (secondary N) is 1. The van der Waals surface area contributed by atoms with Crippen molar-refractivity contribution in [3.63, 3.8) is 0 Å². The molecule has 0 fully saturated rings. The summed E-state index contributed by atoms with van der Waals surface area (Å²) in [7, 11) is 0. The van der Waals surface area contributed by atoms with Gasteiger partial charge in [0.15, 0.2) is 0 Å². The fraction of sp³-hybridized carbons (Fsp3) is 0.500. The lowest BCUT2D eigenvalue weighted by Gasteiger charge is -2.22. The van der Waals surface area contributed by atoms with E-state index in [1.807, 2.05) is 35.3 Å². The number of aryl methyl sites for hydroxylation is 1. The van der Waals surface area contributed by atoms with Gasteiger partial charge in [0, 0.05) is 25.0 Å². The lowest BCUT2D eigenvalue weighted by atomic mass is 10.1. The zero-order chi connectivity index (χ0) is 16.0. The van der Waals surface area contributed by atoms with Gasteiger partial charge in [-0.15, -0.1) is 0 Å². The summed E-state index contributed by atoms with van der Waals surface area (Å²) >= 11 is 0. The lowest BCUT2D eigenvalue weighted by Crippen LogP contribution is -2.23. The quantitative estimate of drug-likeness (QED) is 0.791. The average Bonchev–Trinajstić information content (AvgIpc) is 2.95. The van der Waals surface area contributed by atoms with E-state index in [0.717, 1.165) is 25.3 Å². The molecule has 2 rings (SSSR count). The molecule has 1 N–H and O–H groups in total. The van der Waals surface area contributed by atoms with Gasteiger partial charge >= 0.3 is 0 Å². The van der Waals surface area contributed by atoms with Crippen LogP contribution in [0.3, 0.4) is 0 Å². The maximum atomic E-state index is 5.85. The molecule has 0 aliphatic rings. The molecule has 22 heavy (non-hydrogen) atoms. The van der Waals surface area contributed by atoms with Crippen LogP contribution in [-0.2, 0) is 6.54 Å². The molecular formula is C18H27N3O. The molecular weight excluding hydrogens is 274 g/mol. The van der Waals surface area contributed by atoms with E-state index in [1.165, 1.54) is 5.56 Å². The molecule has 0 unspecified atom stereocenters. The number of rotatable bonds is 7. The Morgan fingerprint density at radius 1 is 1.23 bits per heavy atom. The summed E-state index contributed by atoms with van der Waals surface area (Å²) in [6.45, 7) is 10.3. The smallest absolute Gasteiger partial charge is 0.120 e. The van der Waals surface area contributed by atoms with Crippen LogP contribution in [0.2, 0.25) is 0 Å². The third kappa shape index (κ3) is 5.53. The number of hydrogen-bond donors (Lipinski definition) is 1. The van der Waals surface area contributed by atoms with Gasteiger partial charge in [-0.2, -0.15) is 5.10 Å². The molecule has 0 saturated carbocycles. The van der Waals surface area contributed by atoms with E-state index in [-0.39, 0.29) is 5.60 Å². The standard InChI is InChI=1S/C18H27N3O/c1-15(19-11-5-13-21-14-6-12-20-21)16-7-9-17(10-8-16)22-18(2,3)4/h6-10,12,14-15,19H,5,11,13H2,1-4H3/t15-/m0/s1. The Labute approximate surface area is 133 Å². The van der Waals surface area contributed by atoms with Gasteiger partial charge < -0.3 is 10.1 Å². The molecule has 0 amide bonds. The van der Waals surface area contributed by atoms with Crippen LogP contribution in [-0.4, -0.2) is 21.9 Å². The van der Waals surface area contributed by atoms with Crippen LogP contribution < -0.4 is 10.1 Å². The van der Waals surface area contributed by atoms with Crippen molar-refractivity contribution < 1.29 is 4.74 Å². The summed E-state index contributed by atoms with van der Waals surface area (Å²) in [6, 6.07) is 10.6. The average molecular weight is 301 g/mol. The zero-order valence-electron chi connectivity index (χ0n) is 14.0. The van der Waals surface area contributed by atoms with E-state index >= 15 is 0 Å². The van der Waals surface area contributed by atoms with Crippen molar-refractivity contribution in [1.82, 2.24) is 15.1 Å². The van der Waals surface area contributed by atoms with Crippen molar-refractivity contribution >= 4 is 0 Å². The first kappa shape index (κ1) is 16.6. The predicted octanol–water partition coefficient (Wildman–Crippen LogP) is 3.80. The fourth-order valence-electron chi connectivity index (χ4n) is 2.29. The van der Waals surface area contributed by atoms with Crippen molar-refractivity contribution in [3.8, 4) is 5.75 Å². The minimum absolute atomic E-state index is 0.155. The highest BCUT2D eigenvalue weighted by molar-refractivity contribution is 5.29. The Morgan fingerprint density at radius 3 is 2.55 bits per heavy atom. The molecule has 0 saturated heterocycles. The zero-order valence-corrected chi connectivity index (χ0v) is 14.0. The molecule has 0 bridgehead atoms. The molecule has 1 heterocycles. The highest BCUT2D eigenvalue weighted by Gasteiger charge is 2.12. The van der Waals surface area contributed by atoms with Crippen LogP contribution in [0.1, 0.15) is 45.7 Å². The Hall–Kier alpha value is -1.81. The van der Waals surface area contributed by atoms with Gasteiger partial charge in [0.2, 0.25) is 0 Å². The van der Waals surface area contributed by atoms with Crippen molar-refractivity contribution in [2.45, 2.75) is 52.3 Å². The number of hydrogen-bond acceptors (Lipinski definition) is 3. The van der Waals surface area contributed by atoms with E-state index < -0.39 is 0 Å². The van der Waals surface area contributed by atoms with Gasteiger partial charge in [-0.25, -0.2) is 0 Å². The maximum absolute atomic E-state index is 5.85. The van der Waals surface area contributed by atoms with E-state index in [1.54, 1.807) is 0 Å². The molecule has 120 valence electrons. The van der Waals surface area contributed by atoms with Crippen LogP contribution in [0.25, 0.3) is 0 Å². The lowest BCUT2D eigenvalue weighted by molar-refractivity contribution is 0.131. The molecule has 0 radical (unpaired) electrons. The summed E-state index contributed by atoms with van der Waals surface area (Å²) in [4.78, 5) is 0. The van der Waals surface area contributed by atoms with Crippen molar-refractivity contribution in [2.24, 2.45) is 0 Å². The van der Waals surface area contributed by atoms with Crippen LogP contribution in [0, 0.1) is 0 Å². The van der Waals surface area contributed by atoms with Gasteiger partial charge in [0.05, 0.1) is 0 Å². The minimum atomic E-state index is -0.155. The van der Waals surface area contributed by atoms with Gasteiger partial charge in [0.1, 0.15) is 11.4 Å². The minimum Gasteiger partial charge on any atom is -0.488 e. The number of aromatic nitrogens is 2. The second-order valence-corrected chi connectivity index (χ2v) is 6.58. The summed E-state index contributed by atoms with van der Waals surface area (Å²) in [5.41, 5.74) is 1.12. The van der Waals surface area contributed by atoms with Gasteiger partial charge in [-0.05, 0) is 64.4 Å². The van der Waals surface area contributed by atoms with Gasteiger partial charge in [-0.1, -0.05) is 12.1 Å². The number of nitrogens with zero attached hydrogens (tertiary/aromatic N) is 2. The normalized spacial score (nSPS) is 13.1. The molecule has 4 nitrogen and oxygen atoms in total. The Kier molecular flexibility index (Phi) is 5.61. The molecule has 0 aliphatic heterocycles. The topological polar surface area (TPSA) is 39.1 Å². The Bertz CT molecular complexity index is 541. The summed E-state index contributed by atoms with van der Waals surface area (Å²) < 4.78 is 7.81. The predicted molar refractivity (Wildman–Crippen MR) is 90.1 cm³/mol. The monoisotopic (exact) mass is 301 g/mol. The summed E-state index contributed by atoms with van der Waals surface area (Å²) in [5, 5.41) is 7.75. The molecule has 0 spiro atoms. The summed E-state index contributed by atoms with van der Waals surface area (Å²) in [6.07, 6.45) is 4.88. The molecule has 1 aromatic carbocycles. The van der Waals surface area contributed by atoms with E-state index in [4.69, 9.17) is 4.74 Å². The molecule has 1 aromatic heterocycles. The first-order valence-corrected chi connectivity index (χ1v) is 7.94. The van der Waals surface area contributed by atoms with Crippen LogP contribution in [0.4, 0.5) is 0 Å². The largest absolute Gasteiger partial charge is 0.488 e. The fourth-order valence-corrected chi connectivity index (χ4v) is 2.29. The van der Waals surface area contributed by atoms with Gasteiger partial charge in [-0.3, -0.25) is 4.68 Å². The second-order valence-electron chi connectivity index (χ2n) is 6.58. The summed E-state index contributed by atoms with van der Waals surface area (Å²) in [5.74, 6) is 0.919. The van der Waals surface area contributed by atoms with E-state index in [9.17, 15) is 0 Å². The number of benzene rings is 1. The first-order chi connectivity index (χ1) is 10.4. The van der Waals surface area contributed by atoms with Crippen molar-refractivity contribution in [1.29, 1.82) is 0 Å². The first-order valence-electron chi connectivity index (χ1n) is 7.94. The maximum Gasteiger partial charge on any atom is 0.120 e. The van der Waals surface area contributed by atoms with Gasteiger partial charge in [0.25, 0.3) is 0 Å².